The Balaban J connectivity index is 1.62. The van der Waals surface area contributed by atoms with Crippen LogP contribution in [0.15, 0.2) is 66.9 Å². The van der Waals surface area contributed by atoms with Crippen molar-refractivity contribution in [3.05, 3.63) is 89.1 Å². The molecule has 0 fully saturated rings. The molecule has 0 spiro atoms. The Morgan fingerprint density at radius 3 is 2.48 bits per heavy atom. The molecule has 5 heteroatoms. The first-order chi connectivity index (χ1) is 13.9. The molecule has 1 amide bonds. The zero-order valence-corrected chi connectivity index (χ0v) is 17.3. The Bertz CT molecular complexity index is 954. The number of pyridine rings is 1. The molecule has 3 rings (SSSR count). The van der Waals surface area contributed by atoms with Crippen molar-refractivity contribution in [2.75, 3.05) is 14.1 Å². The largest absolute Gasteiger partial charge is 0.439 e. The molecule has 0 unspecified atom stereocenters. The van der Waals surface area contributed by atoms with Crippen molar-refractivity contribution in [2.24, 2.45) is 0 Å². The van der Waals surface area contributed by atoms with Crippen LogP contribution in [-0.2, 0) is 11.3 Å². The third-order valence-electron chi connectivity index (χ3n) is 4.70. The first kappa shape index (κ1) is 20.6. The number of likely N-dealkylation sites (N-methyl/N-ethyl adjacent to an activating group) is 1. The molecule has 0 saturated carbocycles. The number of hydrogen-bond acceptors (Lipinski definition) is 4. The standard InChI is InChI=1S/C24H27N3O2/c1-17-10-11-18(2)21(14-17)29-22-13-12-19(15-25-22)16-26-24(28)23(27(3)4)20-8-6-5-7-9-20/h5-15,23H,16H2,1-4H3,(H,26,28)/t23-/m0/s1. The number of amides is 1. The van der Waals surface area contributed by atoms with Gasteiger partial charge in [-0.2, -0.15) is 0 Å². The molecule has 5 nitrogen and oxygen atoms in total. The Morgan fingerprint density at radius 1 is 1.07 bits per heavy atom. The maximum Gasteiger partial charge on any atom is 0.242 e. The second-order valence-electron chi connectivity index (χ2n) is 7.37. The van der Waals surface area contributed by atoms with E-state index < -0.39 is 0 Å². The van der Waals surface area contributed by atoms with Crippen molar-refractivity contribution < 1.29 is 9.53 Å². The van der Waals surface area contributed by atoms with Crippen molar-refractivity contribution in [2.45, 2.75) is 26.4 Å². The van der Waals surface area contributed by atoms with E-state index in [1.54, 1.807) is 6.20 Å². The summed E-state index contributed by atoms with van der Waals surface area (Å²) in [5.74, 6) is 1.29. The van der Waals surface area contributed by atoms with E-state index in [1.807, 2.05) is 87.4 Å². The Morgan fingerprint density at radius 2 is 1.83 bits per heavy atom. The molecule has 1 heterocycles. The van der Waals surface area contributed by atoms with Crippen molar-refractivity contribution in [1.29, 1.82) is 0 Å². The number of benzene rings is 2. The van der Waals surface area contributed by atoms with Crippen molar-refractivity contribution in [3.8, 4) is 11.6 Å². The Hall–Kier alpha value is -3.18. The molecule has 2 aromatic carbocycles. The molecule has 0 radical (unpaired) electrons. The number of nitrogens with zero attached hydrogens (tertiary/aromatic N) is 2. The fourth-order valence-corrected chi connectivity index (χ4v) is 3.11. The van der Waals surface area contributed by atoms with Gasteiger partial charge in [-0.25, -0.2) is 4.98 Å². The van der Waals surface area contributed by atoms with E-state index in [9.17, 15) is 4.79 Å². The molecule has 0 bridgehead atoms. The Labute approximate surface area is 172 Å². The molecule has 0 aliphatic heterocycles. The van der Waals surface area contributed by atoms with Crippen LogP contribution in [0, 0.1) is 13.8 Å². The summed E-state index contributed by atoms with van der Waals surface area (Å²) >= 11 is 0. The molecule has 3 aromatic rings. The van der Waals surface area contributed by atoms with Gasteiger partial charge in [0.05, 0.1) is 0 Å². The zero-order valence-electron chi connectivity index (χ0n) is 17.3. The molecule has 1 atom stereocenters. The molecule has 29 heavy (non-hydrogen) atoms. The molecule has 1 aromatic heterocycles. The number of nitrogens with one attached hydrogen (secondary N) is 1. The highest BCUT2D eigenvalue weighted by Crippen LogP contribution is 2.25. The van der Waals surface area contributed by atoms with Crippen LogP contribution in [0.4, 0.5) is 0 Å². The van der Waals surface area contributed by atoms with Crippen LogP contribution >= 0.6 is 0 Å². The third-order valence-corrected chi connectivity index (χ3v) is 4.70. The quantitative estimate of drug-likeness (QED) is 0.650. The minimum absolute atomic E-state index is 0.0445. The summed E-state index contributed by atoms with van der Waals surface area (Å²) in [6, 6.07) is 19.2. The van der Waals surface area contributed by atoms with Crippen LogP contribution in [0.5, 0.6) is 11.6 Å². The van der Waals surface area contributed by atoms with E-state index in [-0.39, 0.29) is 11.9 Å². The second kappa shape index (κ2) is 9.34. The smallest absolute Gasteiger partial charge is 0.242 e. The van der Waals surface area contributed by atoms with E-state index in [0.717, 1.165) is 28.0 Å². The van der Waals surface area contributed by atoms with Crippen molar-refractivity contribution in [3.63, 3.8) is 0 Å². The van der Waals surface area contributed by atoms with Gasteiger partial charge in [-0.1, -0.05) is 48.5 Å². The van der Waals surface area contributed by atoms with Crippen LogP contribution in [-0.4, -0.2) is 29.9 Å². The number of aryl methyl sites for hydroxylation is 2. The highest BCUT2D eigenvalue weighted by molar-refractivity contribution is 5.83. The van der Waals surface area contributed by atoms with Gasteiger partial charge in [0.15, 0.2) is 0 Å². The maximum absolute atomic E-state index is 12.7. The van der Waals surface area contributed by atoms with Crippen LogP contribution in [0.2, 0.25) is 0 Å². The van der Waals surface area contributed by atoms with Gasteiger partial charge >= 0.3 is 0 Å². The number of carbonyl (C=O) groups excluding carboxylic acids is 1. The lowest BCUT2D eigenvalue weighted by Gasteiger charge is -2.23. The first-order valence-electron chi connectivity index (χ1n) is 9.63. The number of carbonyl (C=O) groups is 1. The molecule has 1 N–H and O–H groups in total. The van der Waals surface area contributed by atoms with Gasteiger partial charge in [0.25, 0.3) is 0 Å². The topological polar surface area (TPSA) is 54.5 Å². The maximum atomic E-state index is 12.7. The number of rotatable bonds is 7. The normalized spacial score (nSPS) is 11.9. The second-order valence-corrected chi connectivity index (χ2v) is 7.37. The zero-order chi connectivity index (χ0) is 20.8. The summed E-state index contributed by atoms with van der Waals surface area (Å²) in [6.07, 6.45) is 1.73. The fraction of sp³-hybridized carbons (Fsp3) is 0.250. The lowest BCUT2D eigenvalue weighted by atomic mass is 10.1. The summed E-state index contributed by atoms with van der Waals surface area (Å²) in [4.78, 5) is 19.0. The summed E-state index contributed by atoms with van der Waals surface area (Å²) in [5.41, 5.74) is 4.07. The van der Waals surface area contributed by atoms with Gasteiger partial charge in [0.1, 0.15) is 11.8 Å². The monoisotopic (exact) mass is 389 g/mol. The average molecular weight is 389 g/mol. The van der Waals surface area contributed by atoms with Gasteiger partial charge in [-0.15, -0.1) is 0 Å². The fourth-order valence-electron chi connectivity index (χ4n) is 3.11. The molecule has 0 aliphatic carbocycles. The van der Waals surface area contributed by atoms with E-state index >= 15 is 0 Å². The SMILES string of the molecule is Cc1ccc(C)c(Oc2ccc(CNC(=O)[C@H](c3ccccc3)N(C)C)cn2)c1. The average Bonchev–Trinajstić information content (AvgIpc) is 2.71. The van der Waals surface area contributed by atoms with Gasteiger partial charge in [0, 0.05) is 18.8 Å². The summed E-state index contributed by atoms with van der Waals surface area (Å²) in [6.45, 7) is 4.45. The molecule has 150 valence electrons. The van der Waals surface area contributed by atoms with Crippen LogP contribution in [0.3, 0.4) is 0 Å². The molecular formula is C24H27N3O2. The molecular weight excluding hydrogens is 362 g/mol. The lowest BCUT2D eigenvalue weighted by molar-refractivity contribution is -0.125. The van der Waals surface area contributed by atoms with E-state index in [1.165, 1.54) is 0 Å². The van der Waals surface area contributed by atoms with Gasteiger partial charge in [0.2, 0.25) is 11.8 Å². The van der Waals surface area contributed by atoms with Gasteiger partial charge in [-0.3, -0.25) is 9.69 Å². The molecule has 0 aliphatic rings. The van der Waals surface area contributed by atoms with E-state index in [0.29, 0.717) is 12.4 Å². The van der Waals surface area contributed by atoms with Crippen LogP contribution in [0.25, 0.3) is 0 Å². The summed E-state index contributed by atoms with van der Waals surface area (Å²) < 4.78 is 5.89. The van der Waals surface area contributed by atoms with Gasteiger partial charge in [-0.05, 0) is 56.3 Å². The highest BCUT2D eigenvalue weighted by Gasteiger charge is 2.22. The summed E-state index contributed by atoms with van der Waals surface area (Å²) in [5, 5.41) is 3.00. The number of ether oxygens (including phenoxy) is 1. The van der Waals surface area contributed by atoms with E-state index in [2.05, 4.69) is 16.4 Å². The highest BCUT2D eigenvalue weighted by atomic mass is 16.5. The van der Waals surface area contributed by atoms with Gasteiger partial charge < -0.3 is 10.1 Å². The summed E-state index contributed by atoms with van der Waals surface area (Å²) in [7, 11) is 3.80. The van der Waals surface area contributed by atoms with Crippen LogP contribution < -0.4 is 10.1 Å². The van der Waals surface area contributed by atoms with E-state index in [4.69, 9.17) is 4.74 Å². The third kappa shape index (κ3) is 5.42. The minimum Gasteiger partial charge on any atom is -0.439 e. The van der Waals surface area contributed by atoms with Crippen molar-refractivity contribution >= 4 is 5.91 Å². The molecule has 0 saturated heterocycles. The minimum atomic E-state index is -0.337. The van der Waals surface area contributed by atoms with Crippen molar-refractivity contribution in [1.82, 2.24) is 15.2 Å². The Kier molecular flexibility index (Phi) is 6.62. The number of hydrogen-bond donors (Lipinski definition) is 1. The number of aromatic nitrogens is 1. The predicted octanol–water partition coefficient (Wildman–Crippen LogP) is 4.41. The first-order valence-corrected chi connectivity index (χ1v) is 9.63. The predicted molar refractivity (Wildman–Crippen MR) is 115 cm³/mol. The van der Waals surface area contributed by atoms with Crippen LogP contribution in [0.1, 0.15) is 28.3 Å². The lowest BCUT2D eigenvalue weighted by Crippen LogP contribution is -2.36.